The first-order valence-electron chi connectivity index (χ1n) is 8.97. The lowest BCUT2D eigenvalue weighted by Crippen LogP contribution is -2.56. The van der Waals surface area contributed by atoms with Crippen LogP contribution in [-0.4, -0.2) is 60.0 Å². The topological polar surface area (TPSA) is 59.1 Å². The Morgan fingerprint density at radius 3 is 2.39 bits per heavy atom. The number of hydrogen-bond donors (Lipinski definition) is 0. The van der Waals surface area contributed by atoms with Crippen LogP contribution >= 0.6 is 0 Å². The van der Waals surface area contributed by atoms with E-state index in [1.165, 1.54) is 4.90 Å². The van der Waals surface area contributed by atoms with Gasteiger partial charge in [0.15, 0.2) is 0 Å². The number of benzene rings is 1. The van der Waals surface area contributed by atoms with E-state index >= 15 is 0 Å². The zero-order valence-corrected chi connectivity index (χ0v) is 15.0. The standard InChI is InChI=1S/C18H20F4N2O4/c19-12-9-13(24-8-2-1-3-16(24)25)11-23(10-12)17(26)27-14-4-6-15(7-5-14)28-18(20,21)22/h4-7,12-13H,1-3,8-11H2/t12-,13+/m0/s1. The second kappa shape index (κ2) is 8.24. The number of amides is 2. The Hall–Kier alpha value is -2.52. The van der Waals surface area contributed by atoms with Gasteiger partial charge in [-0.2, -0.15) is 0 Å². The molecule has 1 aromatic carbocycles. The van der Waals surface area contributed by atoms with Crippen molar-refractivity contribution in [3.63, 3.8) is 0 Å². The highest BCUT2D eigenvalue weighted by molar-refractivity contribution is 5.77. The maximum atomic E-state index is 14.2. The van der Waals surface area contributed by atoms with Crippen molar-refractivity contribution in [3.8, 4) is 11.5 Å². The normalized spacial score (nSPS) is 23.5. The smallest absolute Gasteiger partial charge is 0.410 e. The zero-order chi connectivity index (χ0) is 20.3. The lowest BCUT2D eigenvalue weighted by Gasteiger charge is -2.41. The first kappa shape index (κ1) is 20.2. The Morgan fingerprint density at radius 2 is 1.75 bits per heavy atom. The number of likely N-dealkylation sites (tertiary alicyclic amines) is 2. The predicted molar refractivity (Wildman–Crippen MR) is 89.6 cm³/mol. The number of ether oxygens (including phenoxy) is 2. The molecule has 2 fully saturated rings. The van der Waals surface area contributed by atoms with E-state index in [2.05, 4.69) is 4.74 Å². The third-order valence-electron chi connectivity index (χ3n) is 4.70. The molecular formula is C18H20F4N2O4. The average Bonchev–Trinajstić information content (AvgIpc) is 2.62. The van der Waals surface area contributed by atoms with Crippen molar-refractivity contribution >= 4 is 12.0 Å². The van der Waals surface area contributed by atoms with Crippen LogP contribution < -0.4 is 9.47 Å². The van der Waals surface area contributed by atoms with Crippen molar-refractivity contribution < 1.29 is 36.6 Å². The molecule has 28 heavy (non-hydrogen) atoms. The molecule has 154 valence electrons. The molecule has 0 bridgehead atoms. The van der Waals surface area contributed by atoms with E-state index in [-0.39, 0.29) is 31.2 Å². The summed E-state index contributed by atoms with van der Waals surface area (Å²) in [6.07, 6.45) is -4.69. The van der Waals surface area contributed by atoms with Crippen molar-refractivity contribution in [2.24, 2.45) is 0 Å². The maximum absolute atomic E-state index is 14.2. The molecule has 0 saturated carbocycles. The molecule has 10 heteroatoms. The molecule has 0 spiro atoms. The molecule has 0 unspecified atom stereocenters. The fourth-order valence-corrected chi connectivity index (χ4v) is 3.47. The van der Waals surface area contributed by atoms with Crippen LogP contribution in [0.3, 0.4) is 0 Å². The highest BCUT2D eigenvalue weighted by Gasteiger charge is 2.36. The van der Waals surface area contributed by atoms with Crippen molar-refractivity contribution in [3.05, 3.63) is 24.3 Å². The van der Waals surface area contributed by atoms with Crippen molar-refractivity contribution in [1.29, 1.82) is 0 Å². The van der Waals surface area contributed by atoms with Crippen LogP contribution in [0.4, 0.5) is 22.4 Å². The molecule has 0 radical (unpaired) electrons. The fraction of sp³-hybridized carbons (Fsp3) is 0.556. The van der Waals surface area contributed by atoms with Crippen LogP contribution in [0.15, 0.2) is 24.3 Å². The Kier molecular flexibility index (Phi) is 5.95. The average molecular weight is 404 g/mol. The highest BCUT2D eigenvalue weighted by atomic mass is 19.4. The fourth-order valence-electron chi connectivity index (χ4n) is 3.47. The lowest BCUT2D eigenvalue weighted by atomic mass is 9.99. The first-order chi connectivity index (χ1) is 13.2. The zero-order valence-electron chi connectivity index (χ0n) is 15.0. The van der Waals surface area contributed by atoms with E-state index in [0.717, 1.165) is 37.1 Å². The molecule has 2 saturated heterocycles. The van der Waals surface area contributed by atoms with Gasteiger partial charge in [-0.25, -0.2) is 9.18 Å². The van der Waals surface area contributed by atoms with Gasteiger partial charge in [0, 0.05) is 25.9 Å². The summed E-state index contributed by atoms with van der Waals surface area (Å²) >= 11 is 0. The summed E-state index contributed by atoms with van der Waals surface area (Å²) in [5.41, 5.74) is 0. The summed E-state index contributed by atoms with van der Waals surface area (Å²) in [5.74, 6) is -0.484. The van der Waals surface area contributed by atoms with Crippen LogP contribution in [0.25, 0.3) is 0 Å². The van der Waals surface area contributed by atoms with E-state index in [4.69, 9.17) is 4.74 Å². The summed E-state index contributed by atoms with van der Waals surface area (Å²) in [7, 11) is 0. The van der Waals surface area contributed by atoms with E-state index in [1.54, 1.807) is 4.90 Å². The van der Waals surface area contributed by atoms with Gasteiger partial charge in [0.2, 0.25) is 5.91 Å². The molecule has 0 aliphatic carbocycles. The van der Waals surface area contributed by atoms with Gasteiger partial charge in [0.25, 0.3) is 0 Å². The Morgan fingerprint density at radius 1 is 1.07 bits per heavy atom. The second-order valence-electron chi connectivity index (χ2n) is 6.82. The number of carbonyl (C=O) groups is 2. The first-order valence-corrected chi connectivity index (χ1v) is 8.97. The summed E-state index contributed by atoms with van der Waals surface area (Å²) in [5, 5.41) is 0. The summed E-state index contributed by atoms with van der Waals surface area (Å²) in [4.78, 5) is 27.2. The predicted octanol–water partition coefficient (Wildman–Crippen LogP) is 3.51. The molecular weight excluding hydrogens is 384 g/mol. The van der Waals surface area contributed by atoms with Crippen LogP contribution in [0.1, 0.15) is 25.7 Å². The molecule has 3 rings (SSSR count). The van der Waals surface area contributed by atoms with Gasteiger partial charge in [-0.15, -0.1) is 13.2 Å². The van der Waals surface area contributed by atoms with Crippen LogP contribution in [-0.2, 0) is 4.79 Å². The molecule has 2 amide bonds. The molecule has 2 aliphatic rings. The number of piperidine rings is 2. The number of hydrogen-bond acceptors (Lipinski definition) is 4. The molecule has 1 aromatic rings. The van der Waals surface area contributed by atoms with Crippen LogP contribution in [0, 0.1) is 0 Å². The van der Waals surface area contributed by atoms with Gasteiger partial charge in [0.05, 0.1) is 12.6 Å². The lowest BCUT2D eigenvalue weighted by molar-refractivity contribution is -0.274. The van der Waals surface area contributed by atoms with Gasteiger partial charge in [-0.3, -0.25) is 4.79 Å². The largest absolute Gasteiger partial charge is 0.573 e. The van der Waals surface area contributed by atoms with E-state index in [0.29, 0.717) is 13.0 Å². The molecule has 6 nitrogen and oxygen atoms in total. The van der Waals surface area contributed by atoms with E-state index in [1.807, 2.05) is 0 Å². The van der Waals surface area contributed by atoms with Gasteiger partial charge >= 0.3 is 12.5 Å². The van der Waals surface area contributed by atoms with Crippen molar-refractivity contribution in [2.45, 2.75) is 44.3 Å². The minimum absolute atomic E-state index is 0.00565. The van der Waals surface area contributed by atoms with E-state index < -0.39 is 30.4 Å². The van der Waals surface area contributed by atoms with E-state index in [9.17, 15) is 27.2 Å². The number of alkyl halides is 4. The second-order valence-corrected chi connectivity index (χ2v) is 6.82. The minimum Gasteiger partial charge on any atom is -0.410 e. The van der Waals surface area contributed by atoms with Gasteiger partial charge in [-0.1, -0.05) is 0 Å². The molecule has 2 atom stereocenters. The monoisotopic (exact) mass is 404 g/mol. The van der Waals surface area contributed by atoms with Gasteiger partial charge in [-0.05, 0) is 37.1 Å². The van der Waals surface area contributed by atoms with Gasteiger partial charge in [0.1, 0.15) is 17.7 Å². The number of halogens is 4. The van der Waals surface area contributed by atoms with Crippen LogP contribution in [0.2, 0.25) is 0 Å². The van der Waals surface area contributed by atoms with Crippen LogP contribution in [0.5, 0.6) is 11.5 Å². The Labute approximate surface area is 159 Å². The maximum Gasteiger partial charge on any atom is 0.573 e. The summed E-state index contributed by atoms with van der Waals surface area (Å²) < 4.78 is 59.6. The van der Waals surface area contributed by atoms with Crippen molar-refractivity contribution in [1.82, 2.24) is 9.80 Å². The molecule has 2 heterocycles. The SMILES string of the molecule is O=C(Oc1ccc(OC(F)(F)F)cc1)N1C[C@@H](F)C[C@@H](N2CCCCC2=O)C1. The quantitative estimate of drug-likeness (QED) is 0.724. The molecule has 0 N–H and O–H groups in total. The number of carbonyl (C=O) groups excluding carboxylic acids is 2. The highest BCUT2D eigenvalue weighted by Crippen LogP contribution is 2.26. The number of rotatable bonds is 3. The molecule has 0 aromatic heterocycles. The Balaban J connectivity index is 1.60. The number of nitrogens with zero attached hydrogens (tertiary/aromatic N) is 2. The molecule has 2 aliphatic heterocycles. The minimum atomic E-state index is -4.82. The van der Waals surface area contributed by atoms with Crippen molar-refractivity contribution in [2.75, 3.05) is 19.6 Å². The third-order valence-corrected chi connectivity index (χ3v) is 4.70. The summed E-state index contributed by atoms with van der Waals surface area (Å²) in [6, 6.07) is 3.92. The summed E-state index contributed by atoms with van der Waals surface area (Å²) in [6.45, 7) is 0.534. The van der Waals surface area contributed by atoms with Gasteiger partial charge < -0.3 is 19.3 Å². The Bertz CT molecular complexity index is 711. The third kappa shape index (κ3) is 5.26.